The first-order valence-corrected chi connectivity index (χ1v) is 9.77. The summed E-state index contributed by atoms with van der Waals surface area (Å²) in [5, 5.41) is 23.0. The van der Waals surface area contributed by atoms with E-state index in [0.717, 1.165) is 5.69 Å². The summed E-state index contributed by atoms with van der Waals surface area (Å²) in [5.41, 5.74) is 2.67. The molecule has 0 fully saturated rings. The lowest BCUT2D eigenvalue weighted by Crippen LogP contribution is -2.15. The van der Waals surface area contributed by atoms with Crippen LogP contribution in [0.1, 0.15) is 0 Å². The Labute approximate surface area is 182 Å². The van der Waals surface area contributed by atoms with E-state index in [1.807, 2.05) is 30.3 Å². The zero-order valence-corrected chi connectivity index (χ0v) is 17.0. The number of para-hydroxylation sites is 1. The zero-order valence-electron chi connectivity index (χ0n) is 17.0. The van der Waals surface area contributed by atoms with Gasteiger partial charge in [0.15, 0.2) is 5.69 Å². The number of ether oxygens (including phenoxy) is 1. The van der Waals surface area contributed by atoms with Gasteiger partial charge in [0.25, 0.3) is 0 Å². The van der Waals surface area contributed by atoms with E-state index in [2.05, 4.69) is 15.3 Å². The van der Waals surface area contributed by atoms with Gasteiger partial charge >= 0.3 is 0 Å². The summed E-state index contributed by atoms with van der Waals surface area (Å²) < 4.78 is 10.2. The Bertz CT molecular complexity index is 1450. The standard InChI is InChI=1S/C23H18N6O3/c1-32-21-15-17(29-22(31)10-13-25-29)7-8-18(21)27-14-11-20(30)23(26-27)19-9-12-24-28(19)16-5-3-2-4-6-16/h2-15,31H,1H3. The molecule has 0 aliphatic carbocycles. The Morgan fingerprint density at radius 1 is 0.875 bits per heavy atom. The Kier molecular flexibility index (Phi) is 4.75. The van der Waals surface area contributed by atoms with Crippen LogP contribution in [0.3, 0.4) is 0 Å². The van der Waals surface area contributed by atoms with Crippen LogP contribution in [0.2, 0.25) is 0 Å². The average molecular weight is 426 g/mol. The Morgan fingerprint density at radius 3 is 2.41 bits per heavy atom. The van der Waals surface area contributed by atoms with Gasteiger partial charge in [0.05, 0.1) is 36.6 Å². The van der Waals surface area contributed by atoms with Gasteiger partial charge < -0.3 is 9.84 Å². The highest BCUT2D eigenvalue weighted by molar-refractivity contribution is 5.58. The van der Waals surface area contributed by atoms with Crippen molar-refractivity contribution in [2.45, 2.75) is 0 Å². The molecule has 3 heterocycles. The second-order valence-electron chi connectivity index (χ2n) is 6.89. The topological polar surface area (TPSA) is 100.0 Å². The predicted molar refractivity (Wildman–Crippen MR) is 118 cm³/mol. The summed E-state index contributed by atoms with van der Waals surface area (Å²) >= 11 is 0. The third-order valence-electron chi connectivity index (χ3n) is 4.97. The van der Waals surface area contributed by atoms with Crippen LogP contribution >= 0.6 is 0 Å². The van der Waals surface area contributed by atoms with Crippen LogP contribution in [-0.4, -0.2) is 41.6 Å². The van der Waals surface area contributed by atoms with Crippen LogP contribution in [0.25, 0.3) is 28.5 Å². The Balaban J connectivity index is 1.61. The molecule has 2 aromatic carbocycles. The van der Waals surface area contributed by atoms with Crippen molar-refractivity contribution < 1.29 is 9.84 Å². The van der Waals surface area contributed by atoms with Gasteiger partial charge in [-0.2, -0.15) is 15.3 Å². The first-order valence-electron chi connectivity index (χ1n) is 9.77. The molecule has 0 bridgehead atoms. The van der Waals surface area contributed by atoms with Gasteiger partial charge in [-0.3, -0.25) is 4.79 Å². The molecule has 0 spiro atoms. The lowest BCUT2D eigenvalue weighted by atomic mass is 10.2. The highest BCUT2D eigenvalue weighted by atomic mass is 16.5. The van der Waals surface area contributed by atoms with Crippen LogP contribution in [0.4, 0.5) is 0 Å². The van der Waals surface area contributed by atoms with Crippen molar-refractivity contribution in [1.29, 1.82) is 0 Å². The maximum atomic E-state index is 12.7. The van der Waals surface area contributed by atoms with Crippen molar-refractivity contribution in [2.75, 3.05) is 7.11 Å². The second-order valence-corrected chi connectivity index (χ2v) is 6.89. The molecule has 5 aromatic rings. The lowest BCUT2D eigenvalue weighted by Gasteiger charge is -2.14. The van der Waals surface area contributed by atoms with E-state index in [1.54, 1.807) is 53.1 Å². The number of hydrogen-bond acceptors (Lipinski definition) is 6. The van der Waals surface area contributed by atoms with Crippen molar-refractivity contribution in [3.63, 3.8) is 0 Å². The van der Waals surface area contributed by atoms with E-state index in [1.165, 1.54) is 23.0 Å². The van der Waals surface area contributed by atoms with E-state index in [0.29, 0.717) is 22.8 Å². The summed E-state index contributed by atoms with van der Waals surface area (Å²) in [6.07, 6.45) is 4.71. The fourth-order valence-corrected chi connectivity index (χ4v) is 3.46. The first-order chi connectivity index (χ1) is 15.7. The van der Waals surface area contributed by atoms with Crippen molar-refractivity contribution in [3.8, 4) is 40.1 Å². The largest absolute Gasteiger partial charge is 0.494 e. The summed E-state index contributed by atoms with van der Waals surface area (Å²) in [6.45, 7) is 0. The van der Waals surface area contributed by atoms with Crippen molar-refractivity contribution in [2.24, 2.45) is 0 Å². The number of aromatic nitrogens is 6. The smallest absolute Gasteiger partial charge is 0.214 e. The van der Waals surface area contributed by atoms with Crippen LogP contribution in [-0.2, 0) is 0 Å². The molecule has 0 atom stereocenters. The lowest BCUT2D eigenvalue weighted by molar-refractivity contribution is 0.409. The van der Waals surface area contributed by atoms with Gasteiger partial charge in [-0.15, -0.1) is 0 Å². The van der Waals surface area contributed by atoms with Crippen LogP contribution < -0.4 is 10.2 Å². The third-order valence-corrected chi connectivity index (χ3v) is 4.97. The molecule has 5 rings (SSSR count). The highest BCUT2D eigenvalue weighted by Crippen LogP contribution is 2.27. The second kappa shape index (κ2) is 7.88. The molecule has 0 radical (unpaired) electrons. The maximum Gasteiger partial charge on any atom is 0.214 e. The first kappa shape index (κ1) is 19.3. The molecule has 1 N–H and O–H groups in total. The summed E-state index contributed by atoms with van der Waals surface area (Å²) in [5.74, 6) is 0.508. The number of benzene rings is 2. The third kappa shape index (κ3) is 3.31. The van der Waals surface area contributed by atoms with Gasteiger partial charge in [-0.05, 0) is 30.3 Å². The maximum absolute atomic E-state index is 12.7. The van der Waals surface area contributed by atoms with Gasteiger partial charge in [0.2, 0.25) is 11.3 Å². The summed E-state index contributed by atoms with van der Waals surface area (Å²) in [7, 11) is 1.54. The van der Waals surface area contributed by atoms with Crippen LogP contribution in [0, 0.1) is 0 Å². The number of aromatic hydroxyl groups is 1. The number of rotatable bonds is 5. The molecular formula is C23H18N6O3. The monoisotopic (exact) mass is 426 g/mol. The van der Waals surface area contributed by atoms with E-state index in [-0.39, 0.29) is 17.0 Å². The Morgan fingerprint density at radius 2 is 1.66 bits per heavy atom. The summed E-state index contributed by atoms with van der Waals surface area (Å²) in [4.78, 5) is 12.7. The molecule has 9 heteroatoms. The number of methoxy groups -OCH3 is 1. The minimum Gasteiger partial charge on any atom is -0.494 e. The molecule has 0 aliphatic heterocycles. The molecule has 0 saturated carbocycles. The molecule has 3 aromatic heterocycles. The number of nitrogens with zero attached hydrogens (tertiary/aromatic N) is 6. The normalized spacial score (nSPS) is 10.9. The SMILES string of the molecule is COc1cc(-n2nccc2O)ccc1-n1ccc(=O)c(-c2ccnn2-c2ccccc2)n1. The average Bonchev–Trinajstić information content (AvgIpc) is 3.49. The highest BCUT2D eigenvalue weighted by Gasteiger charge is 2.16. The Hall–Kier alpha value is -4.66. The summed E-state index contributed by atoms with van der Waals surface area (Å²) in [6, 6.07) is 19.5. The van der Waals surface area contributed by atoms with Gasteiger partial charge in [0.1, 0.15) is 11.4 Å². The van der Waals surface area contributed by atoms with Gasteiger partial charge in [-0.1, -0.05) is 18.2 Å². The minimum absolute atomic E-state index is 0.0118. The van der Waals surface area contributed by atoms with E-state index in [9.17, 15) is 9.90 Å². The van der Waals surface area contributed by atoms with Crippen LogP contribution in [0.15, 0.2) is 90.1 Å². The minimum atomic E-state index is -0.226. The number of hydrogen-bond donors (Lipinski definition) is 1. The van der Waals surface area contributed by atoms with E-state index < -0.39 is 0 Å². The molecule has 0 unspecified atom stereocenters. The van der Waals surface area contributed by atoms with E-state index in [4.69, 9.17) is 4.74 Å². The van der Waals surface area contributed by atoms with Crippen molar-refractivity contribution in [3.05, 3.63) is 95.5 Å². The zero-order chi connectivity index (χ0) is 22.1. The van der Waals surface area contributed by atoms with Gasteiger partial charge in [-0.25, -0.2) is 14.0 Å². The fourth-order valence-electron chi connectivity index (χ4n) is 3.46. The molecule has 158 valence electrons. The molecule has 0 amide bonds. The fraction of sp³-hybridized carbons (Fsp3) is 0.0435. The molecule has 9 nitrogen and oxygen atoms in total. The molecular weight excluding hydrogens is 408 g/mol. The van der Waals surface area contributed by atoms with E-state index >= 15 is 0 Å². The predicted octanol–water partition coefficient (Wildman–Crippen LogP) is 2.99. The van der Waals surface area contributed by atoms with Crippen molar-refractivity contribution >= 4 is 0 Å². The van der Waals surface area contributed by atoms with Crippen molar-refractivity contribution in [1.82, 2.24) is 29.3 Å². The molecule has 32 heavy (non-hydrogen) atoms. The quantitative estimate of drug-likeness (QED) is 0.464. The van der Waals surface area contributed by atoms with Gasteiger partial charge in [0, 0.05) is 24.4 Å². The van der Waals surface area contributed by atoms with Crippen LogP contribution in [0.5, 0.6) is 11.6 Å². The molecule has 0 saturated heterocycles. The molecule has 0 aliphatic rings.